The van der Waals surface area contributed by atoms with Crippen molar-refractivity contribution >= 4 is 15.9 Å². The van der Waals surface area contributed by atoms with Crippen LogP contribution in [0.3, 0.4) is 0 Å². The molecule has 0 radical (unpaired) electrons. The number of hydrogen-bond donors (Lipinski definition) is 3. The van der Waals surface area contributed by atoms with Crippen molar-refractivity contribution in [2.45, 2.75) is 42.5 Å². The standard InChI is InChI=1S/C15H21F2N3O3S/c16-15(17,9-18)10-19-14(21)11-4-3-7-13(8-11)24(22,23)20-12-5-1-2-6-12/h3-4,7-8,12,20H,1-2,5-6,9-10,18H2,(H,19,21). The van der Waals surface area contributed by atoms with Gasteiger partial charge in [-0.2, -0.15) is 0 Å². The van der Waals surface area contributed by atoms with Crippen LogP contribution in [0.4, 0.5) is 8.78 Å². The van der Waals surface area contributed by atoms with Crippen molar-refractivity contribution in [2.75, 3.05) is 13.1 Å². The molecule has 6 nitrogen and oxygen atoms in total. The van der Waals surface area contributed by atoms with E-state index in [0.29, 0.717) is 0 Å². The van der Waals surface area contributed by atoms with E-state index in [0.717, 1.165) is 25.7 Å². The molecule has 1 saturated carbocycles. The normalized spacial score (nSPS) is 16.3. The Labute approximate surface area is 139 Å². The minimum atomic E-state index is -3.75. The molecule has 1 aliphatic rings. The summed E-state index contributed by atoms with van der Waals surface area (Å²) in [6.07, 6.45) is 3.52. The zero-order chi connectivity index (χ0) is 17.8. The molecule has 24 heavy (non-hydrogen) atoms. The molecule has 0 atom stereocenters. The predicted molar refractivity (Wildman–Crippen MR) is 85.4 cm³/mol. The van der Waals surface area contributed by atoms with Gasteiger partial charge in [-0.25, -0.2) is 21.9 Å². The van der Waals surface area contributed by atoms with Crippen molar-refractivity contribution in [3.05, 3.63) is 29.8 Å². The fraction of sp³-hybridized carbons (Fsp3) is 0.533. The third-order valence-corrected chi connectivity index (χ3v) is 5.41. The molecule has 0 heterocycles. The van der Waals surface area contributed by atoms with E-state index < -0.39 is 34.9 Å². The summed E-state index contributed by atoms with van der Waals surface area (Å²) in [6, 6.07) is 5.20. The van der Waals surface area contributed by atoms with Crippen LogP contribution >= 0.6 is 0 Å². The summed E-state index contributed by atoms with van der Waals surface area (Å²) >= 11 is 0. The second-order valence-electron chi connectivity index (χ2n) is 5.87. The molecule has 0 saturated heterocycles. The van der Waals surface area contributed by atoms with Crippen LogP contribution in [0.15, 0.2) is 29.2 Å². The van der Waals surface area contributed by atoms with E-state index >= 15 is 0 Å². The van der Waals surface area contributed by atoms with Crippen molar-refractivity contribution in [3.63, 3.8) is 0 Å². The Morgan fingerprint density at radius 1 is 1.29 bits per heavy atom. The second kappa shape index (κ2) is 7.54. The SMILES string of the molecule is NCC(F)(F)CNC(=O)c1cccc(S(=O)(=O)NC2CCCC2)c1. The molecule has 1 aromatic carbocycles. The minimum Gasteiger partial charge on any atom is -0.346 e. The molecule has 0 aromatic heterocycles. The number of carbonyl (C=O) groups is 1. The third-order valence-electron chi connectivity index (χ3n) is 3.89. The number of alkyl halides is 2. The van der Waals surface area contributed by atoms with E-state index in [4.69, 9.17) is 5.73 Å². The van der Waals surface area contributed by atoms with E-state index in [-0.39, 0.29) is 16.5 Å². The van der Waals surface area contributed by atoms with E-state index in [1.54, 1.807) is 0 Å². The fourth-order valence-corrected chi connectivity index (χ4v) is 3.87. The summed E-state index contributed by atoms with van der Waals surface area (Å²) in [7, 11) is -3.75. The molecule has 1 aliphatic carbocycles. The van der Waals surface area contributed by atoms with Crippen LogP contribution in [0, 0.1) is 0 Å². The van der Waals surface area contributed by atoms with Crippen molar-refractivity contribution in [3.8, 4) is 0 Å². The number of benzene rings is 1. The summed E-state index contributed by atoms with van der Waals surface area (Å²) < 4.78 is 53.5. The Bertz CT molecular complexity index is 689. The van der Waals surface area contributed by atoms with Crippen LogP contribution in [0.25, 0.3) is 0 Å². The number of carbonyl (C=O) groups excluding carboxylic acids is 1. The summed E-state index contributed by atoms with van der Waals surface area (Å²) in [5, 5.41) is 2.06. The van der Waals surface area contributed by atoms with Crippen LogP contribution in [0.1, 0.15) is 36.0 Å². The molecule has 9 heteroatoms. The van der Waals surface area contributed by atoms with Crippen molar-refractivity contribution < 1.29 is 22.0 Å². The monoisotopic (exact) mass is 361 g/mol. The van der Waals surface area contributed by atoms with Gasteiger partial charge >= 0.3 is 0 Å². The van der Waals surface area contributed by atoms with E-state index in [9.17, 15) is 22.0 Å². The lowest BCUT2D eigenvalue weighted by atomic mass is 10.2. The quantitative estimate of drug-likeness (QED) is 0.680. The van der Waals surface area contributed by atoms with E-state index in [2.05, 4.69) is 10.0 Å². The molecule has 0 unspecified atom stereocenters. The van der Waals surface area contributed by atoms with Crippen LogP contribution in [0.5, 0.6) is 0 Å². The van der Waals surface area contributed by atoms with Gasteiger partial charge in [-0.15, -0.1) is 0 Å². The minimum absolute atomic E-state index is 0.00267. The number of sulfonamides is 1. The smallest absolute Gasteiger partial charge is 0.277 e. The van der Waals surface area contributed by atoms with Crippen molar-refractivity contribution in [1.82, 2.24) is 10.0 Å². The molecule has 0 spiro atoms. The topological polar surface area (TPSA) is 101 Å². The molecule has 4 N–H and O–H groups in total. The first kappa shape index (κ1) is 18.8. The highest BCUT2D eigenvalue weighted by Crippen LogP contribution is 2.21. The van der Waals surface area contributed by atoms with Gasteiger partial charge in [0.2, 0.25) is 10.0 Å². The van der Waals surface area contributed by atoms with Gasteiger partial charge in [0.05, 0.1) is 18.0 Å². The average molecular weight is 361 g/mol. The van der Waals surface area contributed by atoms with Gasteiger partial charge in [-0.05, 0) is 31.0 Å². The van der Waals surface area contributed by atoms with Gasteiger partial charge in [0.15, 0.2) is 0 Å². The summed E-state index contributed by atoms with van der Waals surface area (Å²) in [6.45, 7) is -1.79. The number of nitrogens with two attached hydrogens (primary N) is 1. The van der Waals surface area contributed by atoms with Crippen molar-refractivity contribution in [1.29, 1.82) is 0 Å². The first-order valence-corrected chi connectivity index (χ1v) is 9.20. The summed E-state index contributed by atoms with van der Waals surface area (Å²) in [4.78, 5) is 11.9. The number of nitrogens with one attached hydrogen (secondary N) is 2. The second-order valence-corrected chi connectivity index (χ2v) is 7.59. The van der Waals surface area contributed by atoms with E-state index in [1.807, 2.05) is 0 Å². The Morgan fingerprint density at radius 2 is 1.96 bits per heavy atom. The Hall–Kier alpha value is -1.58. The number of amides is 1. The van der Waals surface area contributed by atoms with Crippen LogP contribution < -0.4 is 15.8 Å². The van der Waals surface area contributed by atoms with Gasteiger partial charge in [0, 0.05) is 11.6 Å². The van der Waals surface area contributed by atoms with Crippen LogP contribution in [-0.2, 0) is 10.0 Å². The summed E-state index contributed by atoms with van der Waals surface area (Å²) in [5.74, 6) is -3.98. The number of rotatable bonds is 7. The lowest BCUT2D eigenvalue weighted by Crippen LogP contribution is -2.41. The van der Waals surface area contributed by atoms with Gasteiger partial charge < -0.3 is 11.1 Å². The highest BCUT2D eigenvalue weighted by Gasteiger charge is 2.28. The molecule has 2 rings (SSSR count). The third kappa shape index (κ3) is 4.96. The molecule has 1 fully saturated rings. The average Bonchev–Trinajstić information content (AvgIpc) is 3.05. The van der Waals surface area contributed by atoms with E-state index in [1.165, 1.54) is 24.3 Å². The zero-order valence-corrected chi connectivity index (χ0v) is 13.9. The molecule has 0 aliphatic heterocycles. The van der Waals surface area contributed by atoms with Gasteiger partial charge in [0.1, 0.15) is 0 Å². The lowest BCUT2D eigenvalue weighted by Gasteiger charge is -2.15. The Morgan fingerprint density at radius 3 is 2.58 bits per heavy atom. The highest BCUT2D eigenvalue weighted by molar-refractivity contribution is 7.89. The first-order chi connectivity index (χ1) is 11.2. The van der Waals surface area contributed by atoms with Crippen LogP contribution in [-0.4, -0.2) is 39.4 Å². The largest absolute Gasteiger partial charge is 0.346 e. The van der Waals surface area contributed by atoms with Crippen LogP contribution in [0.2, 0.25) is 0 Å². The first-order valence-electron chi connectivity index (χ1n) is 7.72. The maximum absolute atomic E-state index is 13.1. The fourth-order valence-electron chi connectivity index (χ4n) is 2.52. The molecule has 134 valence electrons. The van der Waals surface area contributed by atoms with Crippen molar-refractivity contribution in [2.24, 2.45) is 5.73 Å². The zero-order valence-electron chi connectivity index (χ0n) is 13.1. The number of halogens is 2. The Balaban J connectivity index is 2.08. The van der Waals surface area contributed by atoms with Gasteiger partial charge in [-0.3, -0.25) is 4.79 Å². The number of hydrogen-bond acceptors (Lipinski definition) is 4. The maximum Gasteiger partial charge on any atom is 0.277 e. The van der Waals surface area contributed by atoms with Gasteiger partial charge in [-0.1, -0.05) is 18.9 Å². The maximum atomic E-state index is 13.1. The molecular weight excluding hydrogens is 340 g/mol. The van der Waals surface area contributed by atoms with Gasteiger partial charge in [0.25, 0.3) is 11.8 Å². The predicted octanol–water partition coefficient (Wildman–Crippen LogP) is 1.23. The molecule has 1 aromatic rings. The lowest BCUT2D eigenvalue weighted by molar-refractivity contribution is 0.0118. The summed E-state index contributed by atoms with van der Waals surface area (Å²) in [5.41, 5.74) is 4.90. The molecular formula is C15H21F2N3O3S. The Kier molecular flexibility index (Phi) is 5.89. The molecule has 0 bridgehead atoms. The highest BCUT2D eigenvalue weighted by atomic mass is 32.2. The molecule has 1 amide bonds.